The van der Waals surface area contributed by atoms with Gasteiger partial charge in [0.15, 0.2) is 5.57 Å². The Labute approximate surface area is 142 Å². The van der Waals surface area contributed by atoms with Crippen molar-refractivity contribution in [3.63, 3.8) is 0 Å². The summed E-state index contributed by atoms with van der Waals surface area (Å²) < 4.78 is 14.7. The van der Waals surface area contributed by atoms with Crippen LogP contribution in [0.3, 0.4) is 0 Å². The van der Waals surface area contributed by atoms with Crippen LogP contribution >= 0.6 is 0 Å². The van der Waals surface area contributed by atoms with E-state index >= 15 is 0 Å². The number of hydrogen-bond acceptors (Lipinski definition) is 8. The van der Waals surface area contributed by atoms with E-state index in [0.717, 1.165) is 6.20 Å². The molecule has 0 spiro atoms. The number of esters is 2. The Morgan fingerprint density at radius 2 is 1.80 bits per heavy atom. The molecule has 1 aromatic carbocycles. The summed E-state index contributed by atoms with van der Waals surface area (Å²) in [7, 11) is 0. The number of carbonyl (C=O) groups excluding carboxylic acids is 2. The molecule has 0 bridgehead atoms. The summed E-state index contributed by atoms with van der Waals surface area (Å²) in [6.45, 7) is 3.36. The Balaban J connectivity index is 2.36. The van der Waals surface area contributed by atoms with Gasteiger partial charge in [0.1, 0.15) is 17.0 Å². The molecule has 8 nitrogen and oxygen atoms in total. The van der Waals surface area contributed by atoms with Crippen LogP contribution in [0, 0.1) is 0 Å². The molecular weight excluding hydrogens is 330 g/mol. The molecule has 2 aromatic rings. The van der Waals surface area contributed by atoms with Crippen LogP contribution < -0.4 is 10.9 Å². The molecule has 0 radical (unpaired) electrons. The highest BCUT2D eigenvalue weighted by molar-refractivity contribution is 6.14. The van der Waals surface area contributed by atoms with E-state index in [1.54, 1.807) is 19.9 Å². The maximum atomic E-state index is 12.0. The van der Waals surface area contributed by atoms with Gasteiger partial charge in [-0.2, -0.15) is 0 Å². The fourth-order valence-corrected chi connectivity index (χ4v) is 1.97. The van der Waals surface area contributed by atoms with Gasteiger partial charge in [-0.05, 0) is 32.0 Å². The summed E-state index contributed by atoms with van der Waals surface area (Å²) in [5.41, 5.74) is -0.907. The van der Waals surface area contributed by atoms with Gasteiger partial charge in [0.25, 0.3) is 0 Å². The Morgan fingerprint density at radius 1 is 1.16 bits per heavy atom. The standard InChI is InChI=1S/C17H17NO7/c1-3-23-15(20)12(16(21)24-4-2)9-18-13-7-10-5-6-11(19)8-14(10)25-17(13)22/h5-9,18-19H,3-4H2,1-2H3. The van der Waals surface area contributed by atoms with Crippen molar-refractivity contribution in [2.45, 2.75) is 13.8 Å². The minimum atomic E-state index is -0.872. The lowest BCUT2D eigenvalue weighted by Gasteiger charge is -2.07. The van der Waals surface area contributed by atoms with Gasteiger partial charge in [-0.1, -0.05) is 0 Å². The molecule has 1 heterocycles. The number of phenols is 1. The highest BCUT2D eigenvalue weighted by Gasteiger charge is 2.21. The van der Waals surface area contributed by atoms with Gasteiger partial charge in [-0.25, -0.2) is 14.4 Å². The minimum absolute atomic E-state index is 0.00397. The number of fused-ring (bicyclic) bond motifs is 1. The second-order valence-electron chi connectivity index (χ2n) is 4.81. The molecule has 0 fully saturated rings. The van der Waals surface area contributed by atoms with Gasteiger partial charge < -0.3 is 24.3 Å². The van der Waals surface area contributed by atoms with Crippen LogP contribution in [0.2, 0.25) is 0 Å². The second kappa shape index (κ2) is 8.00. The first-order chi connectivity index (χ1) is 12.0. The second-order valence-corrected chi connectivity index (χ2v) is 4.81. The molecule has 25 heavy (non-hydrogen) atoms. The summed E-state index contributed by atoms with van der Waals surface area (Å²) in [5, 5.41) is 12.5. The maximum absolute atomic E-state index is 12.0. The van der Waals surface area contributed by atoms with Crippen LogP contribution in [0.25, 0.3) is 11.0 Å². The van der Waals surface area contributed by atoms with Crippen LogP contribution in [-0.4, -0.2) is 30.3 Å². The van der Waals surface area contributed by atoms with Crippen LogP contribution in [-0.2, 0) is 19.1 Å². The predicted octanol–water partition coefficient (Wildman–Crippen LogP) is 1.92. The Hall–Kier alpha value is -3.29. The summed E-state index contributed by atoms with van der Waals surface area (Å²) in [4.78, 5) is 35.7. The highest BCUT2D eigenvalue weighted by atomic mass is 16.6. The number of hydrogen-bond donors (Lipinski definition) is 2. The van der Waals surface area contributed by atoms with Crippen LogP contribution in [0.15, 0.2) is 45.3 Å². The Bertz CT molecular complexity index is 862. The molecule has 0 amide bonds. The lowest BCUT2D eigenvalue weighted by molar-refractivity contribution is -0.146. The first-order valence-electron chi connectivity index (χ1n) is 7.54. The van der Waals surface area contributed by atoms with Gasteiger partial charge in [0, 0.05) is 17.7 Å². The van der Waals surface area contributed by atoms with Crippen molar-refractivity contribution in [2.75, 3.05) is 18.5 Å². The van der Waals surface area contributed by atoms with E-state index in [2.05, 4.69) is 5.32 Å². The van der Waals surface area contributed by atoms with E-state index in [4.69, 9.17) is 13.9 Å². The molecule has 132 valence electrons. The molecule has 0 aliphatic heterocycles. The predicted molar refractivity (Wildman–Crippen MR) is 89.1 cm³/mol. The molecule has 0 aliphatic rings. The number of anilines is 1. The van der Waals surface area contributed by atoms with Crippen molar-refractivity contribution in [2.24, 2.45) is 0 Å². The molecule has 2 N–H and O–H groups in total. The average molecular weight is 347 g/mol. The largest absolute Gasteiger partial charge is 0.508 e. The molecule has 1 aromatic heterocycles. The topological polar surface area (TPSA) is 115 Å². The fourth-order valence-electron chi connectivity index (χ4n) is 1.97. The normalized spacial score (nSPS) is 10.2. The summed E-state index contributed by atoms with van der Waals surface area (Å²) >= 11 is 0. The highest BCUT2D eigenvalue weighted by Crippen LogP contribution is 2.20. The number of aromatic hydroxyl groups is 1. The smallest absolute Gasteiger partial charge is 0.360 e. The zero-order chi connectivity index (χ0) is 18.4. The number of nitrogens with one attached hydrogen (secondary N) is 1. The van der Waals surface area contributed by atoms with Crippen molar-refractivity contribution in [1.29, 1.82) is 0 Å². The minimum Gasteiger partial charge on any atom is -0.508 e. The zero-order valence-corrected chi connectivity index (χ0v) is 13.7. The van der Waals surface area contributed by atoms with Gasteiger partial charge in [0.05, 0.1) is 13.2 Å². The van der Waals surface area contributed by atoms with Crippen LogP contribution in [0.5, 0.6) is 5.75 Å². The molecular formula is C17H17NO7. The third kappa shape index (κ3) is 4.37. The number of ether oxygens (including phenoxy) is 2. The van der Waals surface area contributed by atoms with E-state index in [-0.39, 0.29) is 35.8 Å². The molecule has 0 unspecified atom stereocenters. The van der Waals surface area contributed by atoms with Crippen molar-refractivity contribution in [3.8, 4) is 5.75 Å². The average Bonchev–Trinajstić information content (AvgIpc) is 2.56. The SMILES string of the molecule is CCOC(=O)C(=CNc1cc2ccc(O)cc2oc1=O)C(=O)OCC. The van der Waals surface area contributed by atoms with Gasteiger partial charge in [-0.15, -0.1) is 0 Å². The molecule has 0 atom stereocenters. The van der Waals surface area contributed by atoms with Crippen molar-refractivity contribution in [1.82, 2.24) is 0 Å². The van der Waals surface area contributed by atoms with E-state index in [1.807, 2.05) is 0 Å². The lowest BCUT2D eigenvalue weighted by atomic mass is 10.2. The summed E-state index contributed by atoms with van der Waals surface area (Å²) in [5.74, 6) is -1.78. The van der Waals surface area contributed by atoms with Crippen LogP contribution in [0.1, 0.15) is 13.8 Å². The summed E-state index contributed by atoms with van der Waals surface area (Å²) in [6, 6.07) is 5.76. The first kappa shape index (κ1) is 18.1. The Kier molecular flexibility index (Phi) is 5.78. The molecule has 0 saturated carbocycles. The monoisotopic (exact) mass is 347 g/mol. The lowest BCUT2D eigenvalue weighted by Crippen LogP contribution is -2.20. The van der Waals surface area contributed by atoms with Crippen LogP contribution in [0.4, 0.5) is 5.69 Å². The fraction of sp³-hybridized carbons (Fsp3) is 0.235. The molecule has 2 rings (SSSR count). The molecule has 0 aliphatic carbocycles. The molecule has 8 heteroatoms. The third-order valence-electron chi connectivity index (χ3n) is 3.08. The molecule has 0 saturated heterocycles. The van der Waals surface area contributed by atoms with E-state index in [1.165, 1.54) is 18.2 Å². The van der Waals surface area contributed by atoms with Crippen molar-refractivity contribution < 1.29 is 28.6 Å². The third-order valence-corrected chi connectivity index (χ3v) is 3.08. The van der Waals surface area contributed by atoms with Crippen molar-refractivity contribution in [3.05, 3.63) is 46.5 Å². The number of rotatable bonds is 6. The van der Waals surface area contributed by atoms with E-state index in [9.17, 15) is 19.5 Å². The van der Waals surface area contributed by atoms with E-state index < -0.39 is 17.6 Å². The Morgan fingerprint density at radius 3 is 2.40 bits per heavy atom. The van der Waals surface area contributed by atoms with E-state index in [0.29, 0.717) is 5.39 Å². The van der Waals surface area contributed by atoms with Gasteiger partial charge >= 0.3 is 17.6 Å². The van der Waals surface area contributed by atoms with Gasteiger partial charge in [0.2, 0.25) is 0 Å². The maximum Gasteiger partial charge on any atom is 0.360 e. The quantitative estimate of drug-likeness (QED) is 0.268. The number of carbonyl (C=O) groups is 2. The summed E-state index contributed by atoms with van der Waals surface area (Å²) in [6.07, 6.45) is 1.04. The van der Waals surface area contributed by atoms with Crippen molar-refractivity contribution >= 4 is 28.6 Å². The first-order valence-corrected chi connectivity index (χ1v) is 7.54. The zero-order valence-electron chi connectivity index (χ0n) is 13.7. The van der Waals surface area contributed by atoms with Gasteiger partial charge in [-0.3, -0.25) is 0 Å². The number of benzene rings is 1. The number of phenolic OH excluding ortho intramolecular Hbond substituents is 1.